The number of ether oxygens (including phenoxy) is 1. The van der Waals surface area contributed by atoms with Crippen LogP contribution in [0.2, 0.25) is 0 Å². The molecular formula is C22H22N4O5S. The molecule has 0 saturated heterocycles. The number of nitrogens with zero attached hydrogens (tertiary/aromatic N) is 4. The Bertz CT molecular complexity index is 1130. The molecule has 0 fully saturated rings. The minimum absolute atomic E-state index is 0.00354. The van der Waals surface area contributed by atoms with Crippen LogP contribution in [0.4, 0.5) is 10.8 Å². The number of anilines is 1. The number of carbonyl (C=O) groups excluding carboxylic acids is 2. The van der Waals surface area contributed by atoms with Gasteiger partial charge in [0.25, 0.3) is 11.6 Å². The number of nitro groups is 1. The van der Waals surface area contributed by atoms with Crippen LogP contribution in [0.3, 0.4) is 0 Å². The van der Waals surface area contributed by atoms with Crippen molar-refractivity contribution in [2.45, 2.75) is 32.2 Å². The van der Waals surface area contributed by atoms with Crippen LogP contribution in [0, 0.1) is 10.1 Å². The van der Waals surface area contributed by atoms with Gasteiger partial charge in [-0.15, -0.1) is 11.3 Å². The van der Waals surface area contributed by atoms with Crippen molar-refractivity contribution >= 4 is 34.0 Å². The molecule has 0 bridgehead atoms. The second-order valence-corrected chi connectivity index (χ2v) is 8.63. The van der Waals surface area contributed by atoms with Gasteiger partial charge in [0, 0.05) is 18.0 Å². The Morgan fingerprint density at radius 3 is 2.69 bits per heavy atom. The highest BCUT2D eigenvalue weighted by atomic mass is 32.1. The number of esters is 1. The standard InChI is InChI=1S/C22H22N4O5S/c1-24-13-16(26(29)30)11-18(24)21(28)31-14-20(27)25(12-15-7-3-2-4-8-15)22-23-17-9-5-6-10-19(17)32-22/h2-4,7-8,11,13H,5-6,9-10,12,14H2,1H3. The molecule has 1 amide bonds. The Morgan fingerprint density at radius 2 is 2.00 bits per heavy atom. The Labute approximate surface area is 188 Å². The first-order valence-electron chi connectivity index (χ1n) is 10.2. The fourth-order valence-electron chi connectivity index (χ4n) is 3.61. The predicted octanol–water partition coefficient (Wildman–Crippen LogP) is 3.66. The zero-order valence-corrected chi connectivity index (χ0v) is 18.3. The average Bonchev–Trinajstić information content (AvgIpc) is 3.40. The maximum absolute atomic E-state index is 13.1. The summed E-state index contributed by atoms with van der Waals surface area (Å²) in [4.78, 5) is 43.3. The molecule has 0 unspecified atom stereocenters. The van der Waals surface area contributed by atoms with E-state index in [2.05, 4.69) is 0 Å². The van der Waals surface area contributed by atoms with Crippen molar-refractivity contribution in [2.24, 2.45) is 7.05 Å². The van der Waals surface area contributed by atoms with Crippen LogP contribution < -0.4 is 4.90 Å². The molecule has 0 saturated carbocycles. The highest BCUT2D eigenvalue weighted by Crippen LogP contribution is 2.32. The lowest BCUT2D eigenvalue weighted by molar-refractivity contribution is -0.384. The third kappa shape index (κ3) is 4.70. The van der Waals surface area contributed by atoms with E-state index >= 15 is 0 Å². The van der Waals surface area contributed by atoms with Gasteiger partial charge < -0.3 is 9.30 Å². The first-order valence-corrected chi connectivity index (χ1v) is 11.0. The summed E-state index contributed by atoms with van der Waals surface area (Å²) in [5, 5.41) is 11.5. The molecule has 10 heteroatoms. The summed E-state index contributed by atoms with van der Waals surface area (Å²) < 4.78 is 6.52. The second kappa shape index (κ2) is 9.31. The van der Waals surface area contributed by atoms with Crippen molar-refractivity contribution in [1.82, 2.24) is 9.55 Å². The number of thiazole rings is 1. The number of fused-ring (bicyclic) bond motifs is 1. The third-order valence-electron chi connectivity index (χ3n) is 5.29. The van der Waals surface area contributed by atoms with Crippen molar-refractivity contribution < 1.29 is 19.2 Å². The molecule has 32 heavy (non-hydrogen) atoms. The zero-order chi connectivity index (χ0) is 22.7. The van der Waals surface area contributed by atoms with Crippen molar-refractivity contribution in [2.75, 3.05) is 11.5 Å². The van der Waals surface area contributed by atoms with E-state index in [-0.39, 0.29) is 11.4 Å². The molecule has 1 aromatic carbocycles. The summed E-state index contributed by atoms with van der Waals surface area (Å²) in [6.45, 7) is -0.186. The van der Waals surface area contributed by atoms with Crippen LogP contribution in [0.25, 0.3) is 0 Å². The van der Waals surface area contributed by atoms with E-state index in [1.165, 1.54) is 34.0 Å². The summed E-state index contributed by atoms with van der Waals surface area (Å²) in [7, 11) is 1.51. The molecule has 0 spiro atoms. The summed E-state index contributed by atoms with van der Waals surface area (Å²) in [5.74, 6) is -1.20. The molecule has 166 valence electrons. The van der Waals surface area contributed by atoms with Gasteiger partial charge in [-0.3, -0.25) is 19.8 Å². The van der Waals surface area contributed by atoms with E-state index in [9.17, 15) is 19.7 Å². The maximum Gasteiger partial charge on any atom is 0.355 e. The minimum atomic E-state index is -0.799. The van der Waals surface area contributed by atoms with E-state index in [1.807, 2.05) is 30.3 Å². The molecule has 2 aromatic heterocycles. The van der Waals surface area contributed by atoms with Gasteiger partial charge in [-0.05, 0) is 31.2 Å². The lowest BCUT2D eigenvalue weighted by Crippen LogP contribution is -2.34. The SMILES string of the molecule is Cn1cc([N+](=O)[O-])cc1C(=O)OCC(=O)N(Cc1ccccc1)c1nc2c(s1)CCCC2. The van der Waals surface area contributed by atoms with Crippen molar-refractivity contribution in [3.05, 3.63) is 74.5 Å². The molecule has 9 nitrogen and oxygen atoms in total. The van der Waals surface area contributed by atoms with Crippen molar-refractivity contribution in [3.63, 3.8) is 0 Å². The Balaban J connectivity index is 1.51. The summed E-state index contributed by atoms with van der Waals surface area (Å²) in [5.41, 5.74) is 1.75. The second-order valence-electron chi connectivity index (χ2n) is 7.57. The normalized spacial score (nSPS) is 12.8. The first kappa shape index (κ1) is 21.7. The molecule has 4 rings (SSSR count). The molecule has 0 radical (unpaired) electrons. The van der Waals surface area contributed by atoms with Crippen LogP contribution >= 0.6 is 11.3 Å². The minimum Gasteiger partial charge on any atom is -0.451 e. The molecule has 0 atom stereocenters. The van der Waals surface area contributed by atoms with Gasteiger partial charge >= 0.3 is 5.97 Å². The van der Waals surface area contributed by atoms with Gasteiger partial charge in [-0.2, -0.15) is 0 Å². The number of amides is 1. The summed E-state index contributed by atoms with van der Waals surface area (Å²) >= 11 is 1.51. The lowest BCUT2D eigenvalue weighted by atomic mass is 10.0. The number of aryl methyl sites for hydroxylation is 3. The fourth-order valence-corrected chi connectivity index (χ4v) is 4.78. The maximum atomic E-state index is 13.1. The van der Waals surface area contributed by atoms with Crippen LogP contribution in [-0.4, -0.2) is 33.0 Å². The van der Waals surface area contributed by atoms with Gasteiger partial charge in [0.1, 0.15) is 5.69 Å². The molecule has 1 aliphatic carbocycles. The molecule has 2 heterocycles. The topological polar surface area (TPSA) is 108 Å². The highest BCUT2D eigenvalue weighted by Gasteiger charge is 2.25. The average molecular weight is 455 g/mol. The van der Waals surface area contributed by atoms with Crippen LogP contribution in [0.15, 0.2) is 42.6 Å². The number of hydrogen-bond acceptors (Lipinski definition) is 7. The first-order chi connectivity index (χ1) is 15.4. The number of hydrogen-bond donors (Lipinski definition) is 0. The van der Waals surface area contributed by atoms with Gasteiger partial charge in [0.2, 0.25) is 0 Å². The number of benzene rings is 1. The summed E-state index contributed by atoms with van der Waals surface area (Å²) in [6, 6.07) is 10.7. The zero-order valence-electron chi connectivity index (χ0n) is 17.5. The Morgan fingerprint density at radius 1 is 1.25 bits per heavy atom. The molecule has 0 N–H and O–H groups in total. The number of rotatable bonds is 7. The summed E-state index contributed by atoms with van der Waals surface area (Å²) in [6.07, 6.45) is 5.28. The Kier molecular flexibility index (Phi) is 6.31. The van der Waals surface area contributed by atoms with Gasteiger partial charge in [-0.1, -0.05) is 30.3 Å². The van der Waals surface area contributed by atoms with Crippen LogP contribution in [0.1, 0.15) is 39.5 Å². The molecule has 3 aromatic rings. The van der Waals surface area contributed by atoms with Gasteiger partial charge in [-0.25, -0.2) is 9.78 Å². The Hall–Kier alpha value is -3.53. The van der Waals surface area contributed by atoms with Gasteiger partial charge in [0.05, 0.1) is 23.4 Å². The van der Waals surface area contributed by atoms with Crippen molar-refractivity contribution in [3.8, 4) is 0 Å². The lowest BCUT2D eigenvalue weighted by Gasteiger charge is -2.20. The van der Waals surface area contributed by atoms with Gasteiger partial charge in [0.15, 0.2) is 11.7 Å². The van der Waals surface area contributed by atoms with E-state index in [0.29, 0.717) is 11.7 Å². The monoisotopic (exact) mass is 454 g/mol. The third-order valence-corrected chi connectivity index (χ3v) is 6.47. The quantitative estimate of drug-likeness (QED) is 0.306. The fraction of sp³-hybridized carbons (Fsp3) is 0.318. The van der Waals surface area contributed by atoms with Crippen molar-refractivity contribution in [1.29, 1.82) is 0 Å². The van der Waals surface area contributed by atoms with E-state index in [4.69, 9.17) is 9.72 Å². The van der Waals surface area contributed by atoms with E-state index in [1.54, 1.807) is 4.90 Å². The number of carbonyl (C=O) groups is 2. The largest absolute Gasteiger partial charge is 0.451 e. The van der Waals surface area contributed by atoms with E-state index in [0.717, 1.165) is 43.0 Å². The smallest absolute Gasteiger partial charge is 0.355 e. The van der Waals surface area contributed by atoms with Crippen LogP contribution in [0.5, 0.6) is 0 Å². The molecule has 0 aliphatic heterocycles. The highest BCUT2D eigenvalue weighted by molar-refractivity contribution is 7.15. The molecule has 1 aliphatic rings. The molecular weight excluding hydrogens is 432 g/mol. The predicted molar refractivity (Wildman–Crippen MR) is 119 cm³/mol. The number of aromatic nitrogens is 2. The van der Waals surface area contributed by atoms with Crippen LogP contribution in [-0.2, 0) is 36.0 Å². The van der Waals surface area contributed by atoms with E-state index < -0.39 is 23.4 Å².